The highest BCUT2D eigenvalue weighted by Crippen LogP contribution is 2.53. The third-order valence-electron chi connectivity index (χ3n) is 13.7. The van der Waals surface area contributed by atoms with E-state index in [1.807, 2.05) is 22.7 Å². The van der Waals surface area contributed by atoms with E-state index in [1.54, 1.807) is 0 Å². The first kappa shape index (κ1) is 38.9. The first-order chi connectivity index (χ1) is 33.7. The molecule has 0 saturated heterocycles. The third kappa shape index (κ3) is 6.15. The zero-order valence-corrected chi connectivity index (χ0v) is 38.4. The Morgan fingerprint density at radius 2 is 0.559 bits per heavy atom. The lowest BCUT2D eigenvalue weighted by atomic mass is 9.84. The molecule has 2 nitrogen and oxygen atoms in total. The van der Waals surface area contributed by atoms with Crippen molar-refractivity contribution < 1.29 is 0 Å². The zero-order valence-electron chi connectivity index (χ0n) is 36.8. The van der Waals surface area contributed by atoms with E-state index in [-0.39, 0.29) is 0 Å². The van der Waals surface area contributed by atoms with Crippen LogP contribution in [0.4, 0.5) is 34.1 Å². The molecule has 0 bridgehead atoms. The minimum Gasteiger partial charge on any atom is -0.310 e. The van der Waals surface area contributed by atoms with E-state index >= 15 is 0 Å². The number of anilines is 6. The number of benzene rings is 12. The molecule has 68 heavy (non-hydrogen) atoms. The summed E-state index contributed by atoms with van der Waals surface area (Å²) in [4.78, 5) is 4.73. The largest absolute Gasteiger partial charge is 0.310 e. The van der Waals surface area contributed by atoms with Gasteiger partial charge in [-0.2, -0.15) is 0 Å². The number of hydrogen-bond acceptors (Lipinski definition) is 4. The Labute approximate surface area is 401 Å². The van der Waals surface area contributed by atoms with Gasteiger partial charge in [0.1, 0.15) is 0 Å². The second-order valence-electron chi connectivity index (χ2n) is 17.6. The molecule has 14 aromatic rings. The fourth-order valence-corrected chi connectivity index (χ4v) is 13.2. The quantitative estimate of drug-likeness (QED) is 0.140. The first-order valence-corrected chi connectivity index (χ1v) is 24.8. The Balaban J connectivity index is 1.07. The number of nitrogens with zero attached hydrogens (tertiary/aromatic N) is 2. The van der Waals surface area contributed by atoms with Gasteiger partial charge in [0.2, 0.25) is 0 Å². The van der Waals surface area contributed by atoms with Crippen LogP contribution in [0, 0.1) is 0 Å². The van der Waals surface area contributed by atoms with E-state index in [0.29, 0.717) is 0 Å². The van der Waals surface area contributed by atoms with Crippen molar-refractivity contribution in [2.24, 2.45) is 0 Å². The lowest BCUT2D eigenvalue weighted by Crippen LogP contribution is -2.09. The fraction of sp³-hybridized carbons (Fsp3) is 0. The van der Waals surface area contributed by atoms with Crippen LogP contribution in [0.25, 0.3) is 94.9 Å². The van der Waals surface area contributed by atoms with Crippen molar-refractivity contribution in [2.45, 2.75) is 0 Å². The third-order valence-corrected chi connectivity index (χ3v) is 16.1. The summed E-state index contributed by atoms with van der Waals surface area (Å²) in [7, 11) is 0. The minimum absolute atomic E-state index is 1.13. The molecule has 0 aliphatic heterocycles. The Bertz CT molecular complexity index is 3820. The van der Waals surface area contributed by atoms with E-state index in [4.69, 9.17) is 0 Å². The van der Waals surface area contributed by atoms with Crippen LogP contribution in [-0.4, -0.2) is 0 Å². The van der Waals surface area contributed by atoms with Gasteiger partial charge >= 0.3 is 0 Å². The molecule has 4 heteroatoms. The molecule has 2 aromatic heterocycles. The van der Waals surface area contributed by atoms with Gasteiger partial charge in [-0.3, -0.25) is 0 Å². The highest BCUT2D eigenvalue weighted by Gasteiger charge is 2.25. The Hall–Kier alpha value is -8.28. The molecular weight excluding hydrogens is 861 g/mol. The van der Waals surface area contributed by atoms with E-state index in [0.717, 1.165) is 34.1 Å². The summed E-state index contributed by atoms with van der Waals surface area (Å²) in [6, 6.07) is 89.1. The van der Waals surface area contributed by atoms with Crippen molar-refractivity contribution >= 4 is 129 Å². The smallest absolute Gasteiger partial charge is 0.0476 e. The van der Waals surface area contributed by atoms with Crippen molar-refractivity contribution in [1.82, 2.24) is 0 Å². The molecule has 0 amide bonds. The SMILES string of the molecule is c1ccc(-c2cc3c4sc5cc(N(c6ccccc6)c6ccccc6)ccc5c4cc4c(-c5ccccc5)cc5c6sc7cc(N(c8ccccc8)c8ccccc8)ccc7c6cc2c5c43)cc1. The van der Waals surface area contributed by atoms with Gasteiger partial charge in [-0.05, 0) is 141 Å². The predicted octanol–water partition coefficient (Wildman–Crippen LogP) is 19.6. The van der Waals surface area contributed by atoms with Crippen LogP contribution in [0.15, 0.2) is 243 Å². The van der Waals surface area contributed by atoms with Crippen molar-refractivity contribution in [3.8, 4) is 22.3 Å². The summed E-state index contributed by atoms with van der Waals surface area (Å²) >= 11 is 3.84. The zero-order chi connectivity index (χ0) is 44.7. The average Bonchev–Trinajstić information content (AvgIpc) is 3.97. The summed E-state index contributed by atoms with van der Waals surface area (Å²) in [5.41, 5.74) is 11.8. The summed E-state index contributed by atoms with van der Waals surface area (Å²) in [5.74, 6) is 0. The van der Waals surface area contributed by atoms with E-state index in [1.165, 1.54) is 94.9 Å². The number of thiophene rings is 2. The van der Waals surface area contributed by atoms with E-state index in [9.17, 15) is 0 Å². The van der Waals surface area contributed by atoms with Crippen LogP contribution in [0.1, 0.15) is 0 Å². The molecule has 0 aliphatic rings. The lowest BCUT2D eigenvalue weighted by molar-refractivity contribution is 1.29. The molecule has 0 fully saturated rings. The number of hydrogen-bond donors (Lipinski definition) is 0. The van der Waals surface area contributed by atoms with Gasteiger partial charge in [0.25, 0.3) is 0 Å². The maximum atomic E-state index is 2.52. The molecular formula is C64H40N2S2. The second-order valence-corrected chi connectivity index (χ2v) is 19.7. The predicted molar refractivity (Wildman–Crippen MR) is 296 cm³/mol. The summed E-state index contributed by atoms with van der Waals surface area (Å²) in [6.45, 7) is 0. The van der Waals surface area contributed by atoms with Crippen LogP contribution in [-0.2, 0) is 0 Å². The van der Waals surface area contributed by atoms with E-state index in [2.05, 4.69) is 252 Å². The Morgan fingerprint density at radius 3 is 0.897 bits per heavy atom. The number of rotatable bonds is 8. The van der Waals surface area contributed by atoms with E-state index < -0.39 is 0 Å². The fourth-order valence-electron chi connectivity index (χ4n) is 10.7. The van der Waals surface area contributed by atoms with Crippen molar-refractivity contribution in [1.29, 1.82) is 0 Å². The van der Waals surface area contributed by atoms with Gasteiger partial charge in [-0.1, -0.05) is 146 Å². The number of para-hydroxylation sites is 4. The molecule has 0 aliphatic carbocycles. The van der Waals surface area contributed by atoms with Gasteiger partial charge in [0.05, 0.1) is 0 Å². The van der Waals surface area contributed by atoms with Gasteiger partial charge in [-0.25, -0.2) is 0 Å². The van der Waals surface area contributed by atoms with Gasteiger partial charge in [0, 0.05) is 85.2 Å². The summed E-state index contributed by atoms with van der Waals surface area (Å²) in [5, 5.41) is 13.0. The molecule has 0 atom stereocenters. The molecule has 14 rings (SSSR count). The van der Waals surface area contributed by atoms with Crippen LogP contribution < -0.4 is 9.80 Å². The standard InChI is InChI=1S/C64H40N2S2/c1-7-19-41(20-8-1)51-37-57-62-54(40-56-50-34-32-48(36-60(50)67-63(56)57)66(45-27-15-5-16-28-45)46-29-17-6-18-30-46)52(42-21-9-2-10-22-42)38-58-61(62)53(51)39-55-49-33-31-47(35-59(49)68-64(55)58)65(43-23-11-3-12-24-43)44-25-13-4-14-26-44/h1-40H. The maximum Gasteiger partial charge on any atom is 0.0476 e. The molecule has 2 heterocycles. The van der Waals surface area contributed by atoms with Crippen molar-refractivity contribution in [3.05, 3.63) is 243 Å². The first-order valence-electron chi connectivity index (χ1n) is 23.2. The Kier molecular flexibility index (Phi) is 8.98. The van der Waals surface area contributed by atoms with Gasteiger partial charge in [0.15, 0.2) is 0 Å². The topological polar surface area (TPSA) is 6.48 Å². The van der Waals surface area contributed by atoms with Crippen LogP contribution in [0.2, 0.25) is 0 Å². The van der Waals surface area contributed by atoms with Crippen LogP contribution in [0.3, 0.4) is 0 Å². The molecule has 0 spiro atoms. The van der Waals surface area contributed by atoms with Crippen LogP contribution >= 0.6 is 22.7 Å². The maximum absolute atomic E-state index is 2.52. The van der Waals surface area contributed by atoms with Crippen molar-refractivity contribution in [2.75, 3.05) is 9.80 Å². The van der Waals surface area contributed by atoms with Crippen molar-refractivity contribution in [3.63, 3.8) is 0 Å². The molecule has 0 unspecified atom stereocenters. The summed E-state index contributed by atoms with van der Waals surface area (Å²) in [6.07, 6.45) is 0. The molecule has 0 saturated carbocycles. The second kappa shape index (κ2) is 15.7. The van der Waals surface area contributed by atoms with Gasteiger partial charge < -0.3 is 9.80 Å². The highest BCUT2D eigenvalue weighted by atomic mass is 32.1. The molecule has 0 radical (unpaired) electrons. The lowest BCUT2D eigenvalue weighted by Gasteiger charge is -2.25. The molecule has 12 aromatic carbocycles. The van der Waals surface area contributed by atoms with Gasteiger partial charge in [-0.15, -0.1) is 22.7 Å². The summed E-state index contributed by atoms with van der Waals surface area (Å²) < 4.78 is 5.19. The minimum atomic E-state index is 1.13. The normalized spacial score (nSPS) is 11.8. The van der Waals surface area contributed by atoms with Crippen LogP contribution in [0.5, 0.6) is 0 Å². The molecule has 0 N–H and O–H groups in total. The molecule has 318 valence electrons. The highest BCUT2D eigenvalue weighted by molar-refractivity contribution is 7.27. The average molecular weight is 901 g/mol. The number of fused-ring (bicyclic) bond motifs is 8. The Morgan fingerprint density at radius 1 is 0.235 bits per heavy atom. The monoisotopic (exact) mass is 900 g/mol.